The van der Waals surface area contributed by atoms with Crippen LogP contribution in [0.5, 0.6) is 0 Å². The van der Waals surface area contributed by atoms with Crippen LogP contribution in [0.4, 0.5) is 11.4 Å². The first-order valence-corrected chi connectivity index (χ1v) is 12.1. The molecule has 3 aromatic carbocycles. The third-order valence-corrected chi connectivity index (χ3v) is 7.00. The molecular weight excluding hydrogens is 488 g/mol. The largest absolute Gasteiger partial charge is 0.478 e. The Balaban J connectivity index is 1.90. The summed E-state index contributed by atoms with van der Waals surface area (Å²) in [4.78, 5) is 47.9. The summed E-state index contributed by atoms with van der Waals surface area (Å²) >= 11 is 0. The Morgan fingerprint density at radius 2 is 1.17 bits per heavy atom. The molecule has 1 amide bonds. The van der Waals surface area contributed by atoms with Crippen LogP contribution >= 0.6 is 0 Å². The van der Waals surface area contributed by atoms with E-state index in [1.807, 2.05) is 6.92 Å². The summed E-state index contributed by atoms with van der Waals surface area (Å²) in [5.74, 6) is -4.64. The first-order chi connectivity index (χ1) is 16.9. The Labute approximate surface area is 206 Å². The number of amides is 1. The molecule has 0 saturated heterocycles. The molecule has 0 aliphatic carbocycles. The Hall–Kier alpha value is -4.51. The van der Waals surface area contributed by atoms with Crippen LogP contribution < -0.4 is 10.6 Å². The highest BCUT2D eigenvalue weighted by molar-refractivity contribution is 7.91. The summed E-state index contributed by atoms with van der Waals surface area (Å²) in [5.41, 5.74) is -0.946. The molecule has 11 heteroatoms. The van der Waals surface area contributed by atoms with Gasteiger partial charge in [-0.2, -0.15) is 0 Å². The normalized spacial score (nSPS) is 10.9. The van der Waals surface area contributed by atoms with Crippen LogP contribution in [0.15, 0.2) is 70.5 Å². The Kier molecular flexibility index (Phi) is 7.54. The Bertz CT molecular complexity index is 1460. The number of hydrogen-bond acceptors (Lipinski definition) is 7. The number of ketones is 1. The van der Waals surface area contributed by atoms with E-state index < -0.39 is 50.2 Å². The number of aromatic carboxylic acids is 2. The van der Waals surface area contributed by atoms with Crippen molar-refractivity contribution in [1.82, 2.24) is 0 Å². The lowest BCUT2D eigenvalue weighted by Gasteiger charge is -2.12. The lowest BCUT2D eigenvalue weighted by atomic mass is 9.95. The van der Waals surface area contributed by atoms with E-state index in [0.717, 1.165) is 24.7 Å². The van der Waals surface area contributed by atoms with Crippen LogP contribution in [-0.2, 0) is 9.84 Å². The quantitative estimate of drug-likeness (QED) is 0.313. The number of nitrogens with one attached hydrogen (secondary N) is 2. The highest BCUT2D eigenvalue weighted by atomic mass is 32.2. The minimum atomic E-state index is -3.83. The van der Waals surface area contributed by atoms with Crippen molar-refractivity contribution in [3.63, 3.8) is 0 Å². The van der Waals surface area contributed by atoms with Gasteiger partial charge >= 0.3 is 11.9 Å². The number of Topliss-reactive ketones (excluding diaryl/α,β-unsaturated/α-hetero) is 1. The fraction of sp³-hybridized carbons (Fsp3) is 0.120. The minimum Gasteiger partial charge on any atom is -0.478 e. The van der Waals surface area contributed by atoms with Crippen LogP contribution in [-0.4, -0.2) is 48.8 Å². The van der Waals surface area contributed by atoms with Gasteiger partial charge in [0.05, 0.1) is 26.5 Å². The fourth-order valence-corrected chi connectivity index (χ4v) is 4.70. The van der Waals surface area contributed by atoms with Crippen molar-refractivity contribution in [1.29, 1.82) is 0 Å². The zero-order chi connectivity index (χ0) is 26.6. The average molecular weight is 511 g/mol. The van der Waals surface area contributed by atoms with Gasteiger partial charge in [-0.25, -0.2) is 18.0 Å². The molecule has 36 heavy (non-hydrogen) atoms. The second kappa shape index (κ2) is 10.4. The van der Waals surface area contributed by atoms with Crippen molar-refractivity contribution >= 4 is 44.8 Å². The second-order valence-corrected chi connectivity index (χ2v) is 9.60. The monoisotopic (exact) mass is 510 g/mol. The molecule has 0 unspecified atom stereocenters. The van der Waals surface area contributed by atoms with Crippen molar-refractivity contribution in [3.8, 4) is 0 Å². The van der Waals surface area contributed by atoms with E-state index in [4.69, 9.17) is 0 Å². The summed E-state index contributed by atoms with van der Waals surface area (Å²) in [6.45, 7) is 3.70. The van der Waals surface area contributed by atoms with Crippen molar-refractivity contribution in [2.75, 3.05) is 17.2 Å². The number of carboxylic acid groups (broad SMARTS) is 2. The minimum absolute atomic E-state index is 0.0207. The summed E-state index contributed by atoms with van der Waals surface area (Å²) in [5, 5.41) is 24.3. The van der Waals surface area contributed by atoms with Crippen molar-refractivity contribution in [3.05, 3.63) is 82.9 Å². The SMILES string of the molecule is CCNc1ccc(S(=O)(=O)c2ccc(NC(=O)c3cc(C(C)=O)c(C(=O)O)cc3C(=O)O)cc2)cc1. The van der Waals surface area contributed by atoms with E-state index in [2.05, 4.69) is 10.6 Å². The van der Waals surface area contributed by atoms with Crippen LogP contribution in [0.2, 0.25) is 0 Å². The van der Waals surface area contributed by atoms with E-state index in [1.54, 1.807) is 12.1 Å². The topological polar surface area (TPSA) is 167 Å². The number of benzene rings is 3. The number of carbonyl (C=O) groups excluding carboxylic acids is 2. The van der Waals surface area contributed by atoms with Gasteiger partial charge in [-0.15, -0.1) is 0 Å². The van der Waals surface area contributed by atoms with E-state index in [9.17, 15) is 37.8 Å². The standard InChI is InChI=1S/C25H22N2O8S/c1-3-26-15-4-8-17(9-5-15)36(34,35)18-10-6-16(7-11-18)27-23(29)20-12-19(14(2)28)21(24(30)31)13-22(20)25(32)33/h4-13,26H,3H2,1-2H3,(H,27,29)(H,30,31)(H,32,33). The molecule has 4 N–H and O–H groups in total. The summed E-state index contributed by atoms with van der Waals surface area (Å²) < 4.78 is 25.8. The maximum Gasteiger partial charge on any atom is 0.336 e. The highest BCUT2D eigenvalue weighted by Gasteiger charge is 2.24. The zero-order valence-electron chi connectivity index (χ0n) is 19.2. The summed E-state index contributed by atoms with van der Waals surface area (Å²) in [6, 6.07) is 13.2. The van der Waals surface area contributed by atoms with E-state index in [1.165, 1.54) is 36.4 Å². The number of hydrogen-bond donors (Lipinski definition) is 4. The third kappa shape index (κ3) is 5.41. The van der Waals surface area contributed by atoms with Gasteiger partial charge in [-0.3, -0.25) is 9.59 Å². The van der Waals surface area contributed by atoms with Gasteiger partial charge in [0.2, 0.25) is 9.84 Å². The molecular formula is C25H22N2O8S. The van der Waals surface area contributed by atoms with Crippen molar-refractivity contribution < 1.29 is 37.8 Å². The van der Waals surface area contributed by atoms with Gasteiger partial charge in [0.25, 0.3) is 5.91 Å². The van der Waals surface area contributed by atoms with Crippen LogP contribution in [0.1, 0.15) is 55.3 Å². The lowest BCUT2D eigenvalue weighted by Crippen LogP contribution is -2.19. The number of carbonyl (C=O) groups is 4. The molecule has 0 aromatic heterocycles. The fourth-order valence-electron chi connectivity index (χ4n) is 3.44. The molecule has 0 spiro atoms. The van der Waals surface area contributed by atoms with Crippen molar-refractivity contribution in [2.24, 2.45) is 0 Å². The molecule has 0 atom stereocenters. The molecule has 3 rings (SSSR count). The molecule has 186 valence electrons. The van der Waals surface area contributed by atoms with Crippen molar-refractivity contribution in [2.45, 2.75) is 23.6 Å². The molecule has 0 aliphatic rings. The lowest BCUT2D eigenvalue weighted by molar-refractivity contribution is 0.0690. The highest BCUT2D eigenvalue weighted by Crippen LogP contribution is 2.25. The van der Waals surface area contributed by atoms with E-state index in [-0.39, 0.29) is 21.0 Å². The van der Waals surface area contributed by atoms with Gasteiger partial charge in [-0.05, 0) is 74.5 Å². The van der Waals surface area contributed by atoms with Gasteiger partial charge in [0, 0.05) is 23.5 Å². The summed E-state index contributed by atoms with van der Waals surface area (Å²) in [7, 11) is -3.83. The number of anilines is 2. The molecule has 0 radical (unpaired) electrons. The number of carboxylic acids is 2. The van der Waals surface area contributed by atoms with Gasteiger partial charge in [0.15, 0.2) is 5.78 Å². The predicted octanol–water partition coefficient (Wildman–Crippen LogP) is 3.80. The number of sulfone groups is 1. The first-order valence-electron chi connectivity index (χ1n) is 10.6. The molecule has 0 fully saturated rings. The molecule has 10 nitrogen and oxygen atoms in total. The molecule has 0 aliphatic heterocycles. The van der Waals surface area contributed by atoms with Crippen LogP contribution in [0.25, 0.3) is 0 Å². The molecule has 0 saturated carbocycles. The summed E-state index contributed by atoms with van der Waals surface area (Å²) in [6.07, 6.45) is 0. The molecule has 3 aromatic rings. The maximum absolute atomic E-state index is 12.9. The maximum atomic E-state index is 12.9. The molecule has 0 heterocycles. The van der Waals surface area contributed by atoms with E-state index in [0.29, 0.717) is 6.54 Å². The Morgan fingerprint density at radius 3 is 1.61 bits per heavy atom. The third-order valence-electron chi connectivity index (χ3n) is 5.21. The second-order valence-electron chi connectivity index (χ2n) is 7.65. The van der Waals surface area contributed by atoms with Gasteiger partial charge in [0.1, 0.15) is 0 Å². The number of rotatable bonds is 9. The average Bonchev–Trinajstić information content (AvgIpc) is 2.83. The van der Waals surface area contributed by atoms with E-state index >= 15 is 0 Å². The Morgan fingerprint density at radius 1 is 0.722 bits per heavy atom. The molecule has 0 bridgehead atoms. The van der Waals surface area contributed by atoms with Gasteiger partial charge in [-0.1, -0.05) is 0 Å². The van der Waals surface area contributed by atoms with Gasteiger partial charge < -0.3 is 20.8 Å². The first kappa shape index (κ1) is 26.1. The smallest absolute Gasteiger partial charge is 0.336 e. The van der Waals surface area contributed by atoms with Crippen LogP contribution in [0, 0.1) is 0 Å². The zero-order valence-corrected chi connectivity index (χ0v) is 20.0. The predicted molar refractivity (Wildman–Crippen MR) is 131 cm³/mol. The van der Waals surface area contributed by atoms with Crippen LogP contribution in [0.3, 0.4) is 0 Å².